The quantitative estimate of drug-likeness (QED) is 0.867. The average molecular weight is 258 g/mol. The van der Waals surface area contributed by atoms with Gasteiger partial charge in [0.1, 0.15) is 0 Å². The Kier molecular flexibility index (Phi) is 4.10. The first-order valence-corrected chi connectivity index (χ1v) is 5.10. The van der Waals surface area contributed by atoms with Gasteiger partial charge in [0.15, 0.2) is 0 Å². The van der Waals surface area contributed by atoms with Gasteiger partial charge < -0.3 is 10.8 Å². The van der Waals surface area contributed by atoms with Crippen LogP contribution in [0.15, 0.2) is 28.7 Å². The fourth-order valence-corrected chi connectivity index (χ4v) is 1.73. The summed E-state index contributed by atoms with van der Waals surface area (Å²) in [7, 11) is 0. The summed E-state index contributed by atoms with van der Waals surface area (Å²) in [6.07, 6.45) is 0.0763. The van der Waals surface area contributed by atoms with Crippen LogP contribution in [0.2, 0.25) is 0 Å². The normalized spacial score (nSPS) is 12.4. The number of hydrogen-bond donors (Lipinski definition) is 2. The van der Waals surface area contributed by atoms with Crippen LogP contribution in [0.3, 0.4) is 0 Å². The summed E-state index contributed by atoms with van der Waals surface area (Å²) in [5, 5.41) is 8.68. The zero-order valence-corrected chi connectivity index (χ0v) is 9.20. The van der Waals surface area contributed by atoms with E-state index in [9.17, 15) is 4.79 Å². The zero-order chi connectivity index (χ0) is 10.6. The molecule has 0 fully saturated rings. The summed E-state index contributed by atoms with van der Waals surface area (Å²) in [5.41, 5.74) is 6.49. The van der Waals surface area contributed by atoms with Gasteiger partial charge in [0, 0.05) is 10.4 Å². The molecule has 4 heteroatoms. The number of halogens is 1. The fourth-order valence-electron chi connectivity index (χ4n) is 1.31. The third kappa shape index (κ3) is 3.12. The van der Waals surface area contributed by atoms with Gasteiger partial charge in [-0.2, -0.15) is 0 Å². The molecular formula is C10H12BrNO2. The molecule has 0 unspecified atom stereocenters. The topological polar surface area (TPSA) is 63.3 Å². The van der Waals surface area contributed by atoms with Crippen molar-refractivity contribution in [1.29, 1.82) is 0 Å². The molecule has 0 bridgehead atoms. The van der Waals surface area contributed by atoms with E-state index >= 15 is 0 Å². The second-order valence-electron chi connectivity index (χ2n) is 3.09. The molecule has 3 N–H and O–H groups in total. The first-order chi connectivity index (χ1) is 6.63. The van der Waals surface area contributed by atoms with Crippen molar-refractivity contribution in [3.63, 3.8) is 0 Å². The molecule has 0 aliphatic carbocycles. The van der Waals surface area contributed by atoms with E-state index in [-0.39, 0.29) is 12.3 Å². The molecule has 1 rings (SSSR count). The van der Waals surface area contributed by atoms with Crippen LogP contribution in [0.4, 0.5) is 0 Å². The second-order valence-corrected chi connectivity index (χ2v) is 4.00. The Morgan fingerprint density at radius 3 is 2.79 bits per heavy atom. The molecule has 3 nitrogen and oxygen atoms in total. The van der Waals surface area contributed by atoms with Crippen molar-refractivity contribution in [2.45, 2.75) is 12.3 Å². The van der Waals surface area contributed by atoms with Crippen molar-refractivity contribution in [3.8, 4) is 0 Å². The third-order valence-electron chi connectivity index (χ3n) is 2.03. The van der Waals surface area contributed by atoms with E-state index in [4.69, 9.17) is 10.8 Å². The summed E-state index contributed by atoms with van der Waals surface area (Å²) in [6.45, 7) is 0.350. The van der Waals surface area contributed by atoms with Gasteiger partial charge >= 0.3 is 5.97 Å². The van der Waals surface area contributed by atoms with Gasteiger partial charge in [0.05, 0.1) is 6.42 Å². The number of benzene rings is 1. The maximum atomic E-state index is 10.6. The number of hydrogen-bond acceptors (Lipinski definition) is 2. The van der Waals surface area contributed by atoms with Crippen molar-refractivity contribution in [1.82, 2.24) is 0 Å². The Hall–Kier alpha value is -0.870. The van der Waals surface area contributed by atoms with E-state index in [1.807, 2.05) is 24.3 Å². The maximum absolute atomic E-state index is 10.6. The first kappa shape index (κ1) is 11.2. The summed E-state index contributed by atoms with van der Waals surface area (Å²) >= 11 is 3.34. The van der Waals surface area contributed by atoms with Crippen LogP contribution in [0.5, 0.6) is 0 Å². The van der Waals surface area contributed by atoms with Crippen LogP contribution in [0.25, 0.3) is 0 Å². The molecule has 14 heavy (non-hydrogen) atoms. The number of carboxylic acids is 1. The molecule has 1 aromatic rings. The summed E-state index contributed by atoms with van der Waals surface area (Å²) in [4.78, 5) is 10.6. The predicted molar refractivity (Wildman–Crippen MR) is 58.2 cm³/mol. The van der Waals surface area contributed by atoms with E-state index in [2.05, 4.69) is 15.9 Å². The summed E-state index contributed by atoms with van der Waals surface area (Å²) in [5.74, 6) is -0.926. The summed E-state index contributed by atoms with van der Waals surface area (Å²) in [6, 6.07) is 7.58. The Morgan fingerprint density at radius 2 is 2.29 bits per heavy atom. The van der Waals surface area contributed by atoms with Crippen molar-refractivity contribution < 1.29 is 9.90 Å². The van der Waals surface area contributed by atoms with Crippen molar-refractivity contribution in [3.05, 3.63) is 34.3 Å². The SMILES string of the molecule is NC[C@@H](CC(=O)O)c1cccc(Br)c1. The number of nitrogens with two attached hydrogens (primary N) is 1. The molecule has 0 saturated carbocycles. The van der Waals surface area contributed by atoms with Crippen molar-refractivity contribution in [2.75, 3.05) is 6.54 Å². The van der Waals surface area contributed by atoms with Crippen LogP contribution >= 0.6 is 15.9 Å². The van der Waals surface area contributed by atoms with E-state index in [0.29, 0.717) is 6.54 Å². The fraction of sp³-hybridized carbons (Fsp3) is 0.300. The Morgan fingerprint density at radius 1 is 1.57 bits per heavy atom. The minimum absolute atomic E-state index is 0.0763. The van der Waals surface area contributed by atoms with Crippen molar-refractivity contribution in [2.24, 2.45) is 5.73 Å². The lowest BCUT2D eigenvalue weighted by atomic mass is 9.96. The van der Waals surface area contributed by atoms with Crippen LogP contribution in [-0.2, 0) is 4.79 Å². The molecule has 0 aliphatic rings. The van der Waals surface area contributed by atoms with E-state index in [1.165, 1.54) is 0 Å². The van der Waals surface area contributed by atoms with Gasteiger partial charge in [-0.05, 0) is 24.2 Å². The molecule has 1 atom stereocenters. The van der Waals surface area contributed by atoms with Gasteiger partial charge in [0.2, 0.25) is 0 Å². The van der Waals surface area contributed by atoms with Gasteiger partial charge in [-0.3, -0.25) is 4.79 Å². The van der Waals surface area contributed by atoms with Crippen LogP contribution in [-0.4, -0.2) is 17.6 Å². The second kappa shape index (κ2) is 5.12. The molecule has 0 heterocycles. The highest BCUT2D eigenvalue weighted by Crippen LogP contribution is 2.21. The minimum atomic E-state index is -0.819. The molecular weight excluding hydrogens is 246 g/mol. The molecule has 0 aliphatic heterocycles. The number of rotatable bonds is 4. The molecule has 1 aromatic carbocycles. The van der Waals surface area contributed by atoms with Crippen molar-refractivity contribution >= 4 is 21.9 Å². The smallest absolute Gasteiger partial charge is 0.304 e. The zero-order valence-electron chi connectivity index (χ0n) is 7.61. The number of carboxylic acid groups (broad SMARTS) is 1. The Bertz CT molecular complexity index is 328. The highest BCUT2D eigenvalue weighted by molar-refractivity contribution is 9.10. The molecule has 76 valence electrons. The lowest BCUT2D eigenvalue weighted by Crippen LogP contribution is -2.16. The van der Waals surface area contributed by atoms with E-state index < -0.39 is 5.97 Å². The standard InChI is InChI=1S/C10H12BrNO2/c11-9-3-1-2-7(4-9)8(6-12)5-10(13)14/h1-4,8H,5-6,12H2,(H,13,14)/t8-/m1/s1. The molecule has 0 radical (unpaired) electrons. The highest BCUT2D eigenvalue weighted by atomic mass is 79.9. The van der Waals surface area contributed by atoms with E-state index in [1.54, 1.807) is 0 Å². The molecule has 0 saturated heterocycles. The number of aliphatic carboxylic acids is 1. The maximum Gasteiger partial charge on any atom is 0.304 e. The lowest BCUT2D eigenvalue weighted by Gasteiger charge is -2.12. The van der Waals surface area contributed by atoms with Crippen LogP contribution in [0, 0.1) is 0 Å². The largest absolute Gasteiger partial charge is 0.481 e. The third-order valence-corrected chi connectivity index (χ3v) is 2.52. The van der Waals surface area contributed by atoms with E-state index in [0.717, 1.165) is 10.0 Å². The molecule has 0 aromatic heterocycles. The van der Waals surface area contributed by atoms with Gasteiger partial charge in [0.25, 0.3) is 0 Å². The average Bonchev–Trinajstić information content (AvgIpc) is 2.14. The molecule has 0 spiro atoms. The van der Waals surface area contributed by atoms with Gasteiger partial charge in [-0.15, -0.1) is 0 Å². The lowest BCUT2D eigenvalue weighted by molar-refractivity contribution is -0.137. The minimum Gasteiger partial charge on any atom is -0.481 e. The van der Waals surface area contributed by atoms with Gasteiger partial charge in [-0.1, -0.05) is 28.1 Å². The predicted octanol–water partition coefficient (Wildman–Crippen LogP) is 1.97. The highest BCUT2D eigenvalue weighted by Gasteiger charge is 2.13. The molecule has 0 amide bonds. The van der Waals surface area contributed by atoms with Gasteiger partial charge in [-0.25, -0.2) is 0 Å². The Labute approximate surface area is 91.1 Å². The monoisotopic (exact) mass is 257 g/mol. The van der Waals surface area contributed by atoms with Crippen LogP contribution in [0.1, 0.15) is 17.9 Å². The van der Waals surface area contributed by atoms with Crippen LogP contribution < -0.4 is 5.73 Å². The number of carbonyl (C=O) groups is 1. The Balaban J connectivity index is 2.83. The summed E-state index contributed by atoms with van der Waals surface area (Å²) < 4.78 is 0.943. The first-order valence-electron chi connectivity index (χ1n) is 4.31.